The number of benzene rings is 2. The summed E-state index contributed by atoms with van der Waals surface area (Å²) < 4.78 is 32.5. The largest absolute Gasteiger partial charge is 0.497 e. The van der Waals surface area contributed by atoms with Crippen LogP contribution in [0.2, 0.25) is 0 Å². The van der Waals surface area contributed by atoms with Gasteiger partial charge in [0.05, 0.1) is 12.0 Å². The van der Waals surface area contributed by atoms with Crippen LogP contribution in [0, 0.1) is 0 Å². The minimum absolute atomic E-state index is 0.130. The Morgan fingerprint density at radius 1 is 1.13 bits per heavy atom. The van der Waals surface area contributed by atoms with Crippen molar-refractivity contribution in [2.24, 2.45) is 0 Å². The first-order valence-electron chi connectivity index (χ1n) is 9.35. The molecule has 4 rings (SSSR count). The Balaban J connectivity index is 1.50. The van der Waals surface area contributed by atoms with Crippen LogP contribution >= 0.6 is 11.3 Å². The third kappa shape index (κ3) is 4.07. The fraction of sp³-hybridized carbons (Fsp3) is 0.250. The number of methoxy groups -OCH3 is 1. The molecule has 0 aliphatic carbocycles. The number of sulfonamides is 1. The molecule has 1 N–H and O–H groups in total. The highest BCUT2D eigenvalue weighted by Crippen LogP contribution is 2.30. The zero-order valence-corrected chi connectivity index (χ0v) is 17.8. The van der Waals surface area contributed by atoms with Gasteiger partial charge in [-0.1, -0.05) is 41.7 Å². The predicted octanol–water partition coefficient (Wildman–Crippen LogP) is 3.01. The van der Waals surface area contributed by atoms with E-state index in [9.17, 15) is 13.2 Å². The molecule has 0 radical (unpaired) electrons. The maximum atomic E-state index is 13.1. The van der Waals surface area contributed by atoms with Crippen LogP contribution in [0.15, 0.2) is 59.5 Å². The second-order valence-electron chi connectivity index (χ2n) is 6.72. The van der Waals surface area contributed by atoms with Crippen molar-refractivity contribution < 1.29 is 17.9 Å². The highest BCUT2D eigenvalue weighted by atomic mass is 32.2. The summed E-state index contributed by atoms with van der Waals surface area (Å²) >= 11 is 1.25. The lowest BCUT2D eigenvalue weighted by Crippen LogP contribution is -2.43. The molecule has 1 amide bonds. The van der Waals surface area contributed by atoms with E-state index in [1.165, 1.54) is 34.9 Å². The molecule has 1 saturated heterocycles. The van der Waals surface area contributed by atoms with E-state index in [1.54, 1.807) is 12.1 Å². The minimum Gasteiger partial charge on any atom is -0.497 e. The van der Waals surface area contributed by atoms with Crippen molar-refractivity contribution in [1.82, 2.24) is 14.5 Å². The lowest BCUT2D eigenvalue weighted by atomic mass is 10.2. The average Bonchev–Trinajstić information content (AvgIpc) is 3.45. The quantitative estimate of drug-likeness (QED) is 0.627. The van der Waals surface area contributed by atoms with Crippen LogP contribution in [-0.4, -0.2) is 48.5 Å². The van der Waals surface area contributed by atoms with Gasteiger partial charge in [0.1, 0.15) is 16.8 Å². The predicted molar refractivity (Wildman–Crippen MR) is 114 cm³/mol. The lowest BCUT2D eigenvalue weighted by molar-refractivity contribution is -0.119. The summed E-state index contributed by atoms with van der Waals surface area (Å²) in [4.78, 5) is 13.0. The van der Waals surface area contributed by atoms with Crippen LogP contribution in [0.4, 0.5) is 5.13 Å². The topological polar surface area (TPSA) is 101 Å². The molecule has 2 aromatic carbocycles. The first kappa shape index (κ1) is 20.5. The van der Waals surface area contributed by atoms with Gasteiger partial charge in [0, 0.05) is 12.1 Å². The van der Waals surface area contributed by atoms with E-state index in [0.717, 1.165) is 5.56 Å². The van der Waals surface area contributed by atoms with Crippen LogP contribution in [0.3, 0.4) is 0 Å². The van der Waals surface area contributed by atoms with Gasteiger partial charge in [-0.05, 0) is 37.1 Å². The van der Waals surface area contributed by atoms with E-state index in [4.69, 9.17) is 4.74 Å². The number of anilines is 1. The van der Waals surface area contributed by atoms with Crippen LogP contribution in [0.5, 0.6) is 5.75 Å². The van der Waals surface area contributed by atoms with Gasteiger partial charge in [-0.25, -0.2) is 8.42 Å². The SMILES string of the molecule is COc1ccc(S(=O)(=O)N2CCC[C@H]2C(=O)Nc2nnc(-c3ccccc3)s2)cc1. The molecule has 0 unspecified atom stereocenters. The van der Waals surface area contributed by atoms with Crippen molar-refractivity contribution in [3.05, 3.63) is 54.6 Å². The number of rotatable bonds is 6. The maximum Gasteiger partial charge on any atom is 0.244 e. The zero-order valence-electron chi connectivity index (χ0n) is 16.2. The van der Waals surface area contributed by atoms with Gasteiger partial charge in [-0.3, -0.25) is 10.1 Å². The Kier molecular flexibility index (Phi) is 5.80. The van der Waals surface area contributed by atoms with Gasteiger partial charge < -0.3 is 4.74 Å². The van der Waals surface area contributed by atoms with Gasteiger partial charge in [-0.15, -0.1) is 10.2 Å². The lowest BCUT2D eigenvalue weighted by Gasteiger charge is -2.23. The number of aromatic nitrogens is 2. The van der Waals surface area contributed by atoms with Crippen molar-refractivity contribution in [1.29, 1.82) is 0 Å². The zero-order chi connectivity index (χ0) is 21.1. The Morgan fingerprint density at radius 2 is 1.87 bits per heavy atom. The van der Waals surface area contributed by atoms with E-state index >= 15 is 0 Å². The molecule has 0 spiro atoms. The first-order chi connectivity index (χ1) is 14.5. The van der Waals surface area contributed by atoms with Crippen LogP contribution in [0.1, 0.15) is 12.8 Å². The van der Waals surface area contributed by atoms with Gasteiger partial charge in [-0.2, -0.15) is 4.31 Å². The minimum atomic E-state index is -3.80. The molecule has 156 valence electrons. The maximum absolute atomic E-state index is 13.1. The molecule has 3 aromatic rings. The van der Waals surface area contributed by atoms with E-state index in [-0.39, 0.29) is 11.4 Å². The van der Waals surface area contributed by atoms with Gasteiger partial charge >= 0.3 is 0 Å². The molecule has 2 heterocycles. The Bertz CT molecular complexity index is 1130. The molecule has 30 heavy (non-hydrogen) atoms. The summed E-state index contributed by atoms with van der Waals surface area (Å²) in [5.41, 5.74) is 0.903. The fourth-order valence-electron chi connectivity index (χ4n) is 3.33. The molecule has 1 aliphatic heterocycles. The highest BCUT2D eigenvalue weighted by Gasteiger charge is 2.39. The summed E-state index contributed by atoms with van der Waals surface area (Å²) in [7, 11) is -2.29. The van der Waals surface area contributed by atoms with Gasteiger partial charge in [0.25, 0.3) is 0 Å². The standard InChI is InChI=1S/C20H20N4O4S2/c1-28-15-9-11-16(12-10-15)30(26,27)24-13-5-8-17(24)18(25)21-20-23-22-19(29-20)14-6-3-2-4-7-14/h2-4,6-7,9-12,17H,5,8,13H2,1H3,(H,21,23,25)/t17-/m0/s1. The molecule has 1 aliphatic rings. The fourth-order valence-corrected chi connectivity index (χ4v) is 5.74. The Morgan fingerprint density at radius 3 is 2.57 bits per heavy atom. The average molecular weight is 445 g/mol. The monoisotopic (exact) mass is 444 g/mol. The first-order valence-corrected chi connectivity index (χ1v) is 11.6. The van der Waals surface area contributed by atoms with Gasteiger partial charge in [0.2, 0.25) is 21.1 Å². The molecule has 10 heteroatoms. The Labute approximate surface area is 178 Å². The smallest absolute Gasteiger partial charge is 0.244 e. The number of carbonyl (C=O) groups excluding carboxylic acids is 1. The summed E-state index contributed by atoms with van der Waals surface area (Å²) in [6.07, 6.45) is 1.06. The van der Waals surface area contributed by atoms with E-state index in [0.29, 0.717) is 28.7 Å². The number of nitrogens with one attached hydrogen (secondary N) is 1. The van der Waals surface area contributed by atoms with Crippen molar-refractivity contribution in [3.8, 4) is 16.3 Å². The van der Waals surface area contributed by atoms with Crippen LogP contribution < -0.4 is 10.1 Å². The van der Waals surface area contributed by atoms with Crippen molar-refractivity contribution in [2.75, 3.05) is 19.0 Å². The number of carbonyl (C=O) groups is 1. The number of hydrogen-bond donors (Lipinski definition) is 1. The van der Waals surface area contributed by atoms with Gasteiger partial charge in [0.15, 0.2) is 0 Å². The number of hydrogen-bond acceptors (Lipinski definition) is 7. The molecule has 1 aromatic heterocycles. The van der Waals surface area contributed by atoms with Crippen molar-refractivity contribution in [2.45, 2.75) is 23.8 Å². The third-order valence-electron chi connectivity index (χ3n) is 4.85. The molecule has 1 fully saturated rings. The summed E-state index contributed by atoms with van der Waals surface area (Å²) in [6, 6.07) is 14.9. The third-order valence-corrected chi connectivity index (χ3v) is 7.66. The molecule has 0 saturated carbocycles. The number of nitrogens with zero attached hydrogens (tertiary/aromatic N) is 3. The molecular weight excluding hydrogens is 424 g/mol. The molecule has 1 atom stereocenters. The van der Waals surface area contributed by atoms with Crippen LogP contribution in [0.25, 0.3) is 10.6 Å². The van der Waals surface area contributed by atoms with E-state index in [1.807, 2.05) is 30.3 Å². The molecule has 8 nitrogen and oxygen atoms in total. The van der Waals surface area contributed by atoms with Crippen molar-refractivity contribution in [3.63, 3.8) is 0 Å². The molecule has 0 bridgehead atoms. The second kappa shape index (κ2) is 8.50. The normalized spacial score (nSPS) is 17.0. The van der Waals surface area contributed by atoms with Crippen LogP contribution in [-0.2, 0) is 14.8 Å². The summed E-state index contributed by atoms with van der Waals surface area (Å²) in [6.45, 7) is 0.290. The second-order valence-corrected chi connectivity index (χ2v) is 9.59. The Hall–Kier alpha value is -2.82. The van der Waals surface area contributed by atoms with Crippen molar-refractivity contribution >= 4 is 32.4 Å². The summed E-state index contributed by atoms with van der Waals surface area (Å²) in [5, 5.41) is 11.9. The van der Waals surface area contributed by atoms with E-state index < -0.39 is 22.0 Å². The molecular formula is C20H20N4O4S2. The number of amides is 1. The highest BCUT2D eigenvalue weighted by molar-refractivity contribution is 7.89. The number of ether oxygens (including phenoxy) is 1. The summed E-state index contributed by atoms with van der Waals surface area (Å²) in [5.74, 6) is 0.163. The van der Waals surface area contributed by atoms with E-state index in [2.05, 4.69) is 15.5 Å².